The van der Waals surface area contributed by atoms with Crippen LogP contribution < -0.4 is 5.73 Å². The Bertz CT molecular complexity index is 728. The maximum Gasteiger partial charge on any atom is 0.124 e. The summed E-state index contributed by atoms with van der Waals surface area (Å²) in [6.07, 6.45) is 0. The lowest BCUT2D eigenvalue weighted by molar-refractivity contribution is 1.40. The molecule has 3 heteroatoms. The van der Waals surface area contributed by atoms with Gasteiger partial charge in [-0.2, -0.15) is 0 Å². The Labute approximate surface area is 110 Å². The summed E-state index contributed by atoms with van der Waals surface area (Å²) < 4.78 is 1.22. The molecular weight excluding hydrogens is 240 g/mol. The van der Waals surface area contributed by atoms with Crippen LogP contribution in [0.1, 0.15) is 11.1 Å². The molecule has 2 aromatic carbocycles. The molecule has 0 fully saturated rings. The maximum absolute atomic E-state index is 5.95. The van der Waals surface area contributed by atoms with E-state index in [9.17, 15) is 0 Å². The molecule has 3 aromatic rings. The summed E-state index contributed by atoms with van der Waals surface area (Å²) in [5.41, 5.74) is 11.3. The summed E-state index contributed by atoms with van der Waals surface area (Å²) in [6.45, 7) is 4.13. The van der Waals surface area contributed by atoms with Crippen molar-refractivity contribution < 1.29 is 0 Å². The summed E-state index contributed by atoms with van der Waals surface area (Å²) in [7, 11) is 0. The van der Waals surface area contributed by atoms with Crippen LogP contribution in [-0.2, 0) is 0 Å². The molecule has 2 N–H and O–H groups in total. The van der Waals surface area contributed by atoms with Crippen molar-refractivity contribution in [3.05, 3.63) is 47.5 Å². The van der Waals surface area contributed by atoms with Gasteiger partial charge in [-0.15, -0.1) is 11.3 Å². The van der Waals surface area contributed by atoms with E-state index >= 15 is 0 Å². The highest BCUT2D eigenvalue weighted by atomic mass is 32.1. The first-order chi connectivity index (χ1) is 8.65. The van der Waals surface area contributed by atoms with Gasteiger partial charge in [0.1, 0.15) is 5.01 Å². The summed E-state index contributed by atoms with van der Waals surface area (Å²) in [4.78, 5) is 4.71. The summed E-state index contributed by atoms with van der Waals surface area (Å²) in [6, 6.07) is 12.4. The molecule has 0 aliphatic carbocycles. The van der Waals surface area contributed by atoms with Crippen molar-refractivity contribution in [3.63, 3.8) is 0 Å². The van der Waals surface area contributed by atoms with Crippen LogP contribution in [0.25, 0.3) is 20.8 Å². The predicted octanol–water partition coefficient (Wildman–Crippen LogP) is 4.16. The molecular formula is C15H14N2S. The zero-order valence-electron chi connectivity index (χ0n) is 10.4. The largest absolute Gasteiger partial charge is 0.398 e. The van der Waals surface area contributed by atoms with Gasteiger partial charge in [0.05, 0.1) is 10.2 Å². The monoisotopic (exact) mass is 254 g/mol. The van der Waals surface area contributed by atoms with E-state index in [1.165, 1.54) is 10.3 Å². The molecule has 0 saturated carbocycles. The third-order valence-corrected chi connectivity index (χ3v) is 4.22. The van der Waals surface area contributed by atoms with Gasteiger partial charge in [0.25, 0.3) is 0 Å². The van der Waals surface area contributed by atoms with Gasteiger partial charge in [0, 0.05) is 11.3 Å². The molecule has 3 rings (SSSR count). The minimum absolute atomic E-state index is 0.822. The number of nitrogens with two attached hydrogens (primary N) is 1. The van der Waals surface area contributed by atoms with E-state index in [1.807, 2.05) is 19.1 Å². The molecule has 1 aromatic heterocycles. The predicted molar refractivity (Wildman–Crippen MR) is 78.9 cm³/mol. The Morgan fingerprint density at radius 1 is 1.11 bits per heavy atom. The Morgan fingerprint density at radius 3 is 2.78 bits per heavy atom. The van der Waals surface area contributed by atoms with Gasteiger partial charge in [0.2, 0.25) is 0 Å². The lowest BCUT2D eigenvalue weighted by Crippen LogP contribution is -1.91. The van der Waals surface area contributed by atoms with Gasteiger partial charge in [-0.05, 0) is 43.2 Å². The van der Waals surface area contributed by atoms with Crippen molar-refractivity contribution in [2.75, 3.05) is 5.73 Å². The number of nitrogen functional groups attached to an aromatic ring is 1. The number of hydrogen-bond donors (Lipinski definition) is 1. The fraction of sp³-hybridized carbons (Fsp3) is 0.133. The summed E-state index contributed by atoms with van der Waals surface area (Å²) in [5.74, 6) is 0. The van der Waals surface area contributed by atoms with Crippen LogP contribution in [0.3, 0.4) is 0 Å². The number of fused-ring (bicyclic) bond motifs is 1. The fourth-order valence-electron chi connectivity index (χ4n) is 2.04. The number of aryl methyl sites for hydroxylation is 1. The highest BCUT2D eigenvalue weighted by molar-refractivity contribution is 7.21. The smallest absolute Gasteiger partial charge is 0.124 e. The van der Waals surface area contributed by atoms with Crippen LogP contribution in [0, 0.1) is 13.8 Å². The van der Waals surface area contributed by atoms with Gasteiger partial charge in [-0.3, -0.25) is 0 Å². The van der Waals surface area contributed by atoms with E-state index in [0.29, 0.717) is 0 Å². The van der Waals surface area contributed by atoms with Crippen LogP contribution in [0.15, 0.2) is 36.4 Å². The molecule has 2 nitrogen and oxygen atoms in total. The fourth-order valence-corrected chi connectivity index (χ4v) is 3.07. The van der Waals surface area contributed by atoms with E-state index < -0.39 is 0 Å². The third-order valence-electron chi connectivity index (χ3n) is 3.15. The number of rotatable bonds is 1. The minimum Gasteiger partial charge on any atom is -0.398 e. The number of benzene rings is 2. The van der Waals surface area contributed by atoms with Crippen LogP contribution >= 0.6 is 11.3 Å². The molecule has 0 saturated heterocycles. The average molecular weight is 254 g/mol. The molecule has 0 spiro atoms. The van der Waals surface area contributed by atoms with Crippen LogP contribution in [-0.4, -0.2) is 4.98 Å². The summed E-state index contributed by atoms with van der Waals surface area (Å²) >= 11 is 1.72. The lowest BCUT2D eigenvalue weighted by atomic mass is 10.1. The summed E-state index contributed by atoms with van der Waals surface area (Å²) in [5, 5.41) is 1.04. The Morgan fingerprint density at radius 2 is 1.94 bits per heavy atom. The second kappa shape index (κ2) is 4.10. The van der Waals surface area contributed by atoms with Crippen molar-refractivity contribution in [3.8, 4) is 10.6 Å². The van der Waals surface area contributed by atoms with Gasteiger partial charge in [0.15, 0.2) is 0 Å². The maximum atomic E-state index is 5.95. The molecule has 0 atom stereocenters. The van der Waals surface area contributed by atoms with Gasteiger partial charge >= 0.3 is 0 Å². The van der Waals surface area contributed by atoms with Gasteiger partial charge in [-0.1, -0.05) is 18.2 Å². The molecule has 90 valence electrons. The molecule has 0 aliphatic heterocycles. The van der Waals surface area contributed by atoms with Crippen molar-refractivity contribution in [1.29, 1.82) is 0 Å². The minimum atomic E-state index is 0.822. The van der Waals surface area contributed by atoms with Crippen molar-refractivity contribution in [2.24, 2.45) is 0 Å². The number of nitrogens with zero attached hydrogens (tertiary/aromatic N) is 1. The lowest BCUT2D eigenvalue weighted by Gasteiger charge is -2.04. The van der Waals surface area contributed by atoms with Gasteiger partial charge < -0.3 is 5.73 Å². The van der Waals surface area contributed by atoms with Crippen molar-refractivity contribution >= 4 is 27.2 Å². The number of thiazole rings is 1. The molecule has 0 aliphatic rings. The highest BCUT2D eigenvalue weighted by Gasteiger charge is 2.09. The van der Waals surface area contributed by atoms with Crippen LogP contribution in [0.2, 0.25) is 0 Å². The van der Waals surface area contributed by atoms with E-state index in [-0.39, 0.29) is 0 Å². The standard InChI is InChI=1S/C15H14N2S/c1-9-6-7-14-13(8-9)17-15(18-14)11-4-3-5-12(16)10(11)2/h3-8H,16H2,1-2H3. The third kappa shape index (κ3) is 1.77. The van der Waals surface area contributed by atoms with Crippen LogP contribution in [0.4, 0.5) is 5.69 Å². The molecule has 0 amide bonds. The van der Waals surface area contributed by atoms with Crippen LogP contribution in [0.5, 0.6) is 0 Å². The number of hydrogen-bond acceptors (Lipinski definition) is 3. The van der Waals surface area contributed by atoms with E-state index in [0.717, 1.165) is 27.3 Å². The van der Waals surface area contributed by atoms with E-state index in [4.69, 9.17) is 10.7 Å². The van der Waals surface area contributed by atoms with E-state index in [1.54, 1.807) is 11.3 Å². The number of anilines is 1. The highest BCUT2D eigenvalue weighted by Crippen LogP contribution is 2.33. The molecule has 1 heterocycles. The number of aromatic nitrogens is 1. The SMILES string of the molecule is Cc1ccc2sc(-c3cccc(N)c3C)nc2c1. The van der Waals surface area contributed by atoms with Gasteiger partial charge in [-0.25, -0.2) is 4.98 Å². The quantitative estimate of drug-likeness (QED) is 0.662. The first kappa shape index (κ1) is 11.2. The molecule has 18 heavy (non-hydrogen) atoms. The Kier molecular flexibility index (Phi) is 2.56. The van der Waals surface area contributed by atoms with E-state index in [2.05, 4.69) is 31.2 Å². The second-order valence-corrected chi connectivity index (χ2v) is 5.54. The average Bonchev–Trinajstić information content (AvgIpc) is 2.75. The first-order valence-corrected chi connectivity index (χ1v) is 6.69. The second-order valence-electron chi connectivity index (χ2n) is 4.51. The first-order valence-electron chi connectivity index (χ1n) is 5.88. The molecule has 0 radical (unpaired) electrons. The topological polar surface area (TPSA) is 38.9 Å². The van der Waals surface area contributed by atoms with Crippen molar-refractivity contribution in [2.45, 2.75) is 13.8 Å². The van der Waals surface area contributed by atoms with Crippen molar-refractivity contribution in [1.82, 2.24) is 4.98 Å². The molecule has 0 unspecified atom stereocenters. The molecule has 0 bridgehead atoms. The normalized spacial score (nSPS) is 11.0. The Balaban J connectivity index is 2.22. The zero-order valence-corrected chi connectivity index (χ0v) is 11.2. The zero-order chi connectivity index (χ0) is 12.7. The Hall–Kier alpha value is -1.87.